The Kier molecular flexibility index (Phi) is 7.07. The van der Waals surface area contributed by atoms with Gasteiger partial charge in [-0.05, 0) is 68.5 Å². The molecule has 3 aromatic rings. The first-order valence-electron chi connectivity index (χ1n) is 12.0. The van der Waals surface area contributed by atoms with Gasteiger partial charge in [-0.3, -0.25) is 4.79 Å². The number of rotatable bonds is 5. The first-order chi connectivity index (χ1) is 16.9. The van der Waals surface area contributed by atoms with Crippen molar-refractivity contribution in [1.29, 1.82) is 0 Å². The molecule has 10 heteroatoms. The minimum Gasteiger partial charge on any atom is -0.345 e. The number of hydrogen-bond acceptors (Lipinski definition) is 7. The minimum atomic E-state index is -3.54. The van der Waals surface area contributed by atoms with Crippen molar-refractivity contribution in [3.05, 3.63) is 48.0 Å². The van der Waals surface area contributed by atoms with Crippen molar-refractivity contribution in [1.82, 2.24) is 14.2 Å². The molecule has 0 saturated carbocycles. The highest BCUT2D eigenvalue weighted by atomic mass is 32.2. The maximum absolute atomic E-state index is 13.1. The van der Waals surface area contributed by atoms with E-state index in [-0.39, 0.29) is 16.8 Å². The van der Waals surface area contributed by atoms with Crippen molar-refractivity contribution >= 4 is 54.4 Å². The van der Waals surface area contributed by atoms with Crippen LogP contribution in [0.1, 0.15) is 36.5 Å². The largest absolute Gasteiger partial charge is 0.345 e. The number of sulfonamides is 1. The Labute approximate surface area is 215 Å². The number of piperazine rings is 1. The predicted molar refractivity (Wildman–Crippen MR) is 143 cm³/mol. The van der Waals surface area contributed by atoms with Crippen molar-refractivity contribution in [2.24, 2.45) is 0 Å². The van der Waals surface area contributed by atoms with Gasteiger partial charge in [0.1, 0.15) is 0 Å². The smallest absolute Gasteiger partial charge is 0.253 e. The van der Waals surface area contributed by atoms with Crippen LogP contribution >= 0.6 is 23.1 Å². The molecule has 7 nitrogen and oxygen atoms in total. The zero-order valence-corrected chi connectivity index (χ0v) is 22.5. The predicted octanol–water partition coefficient (Wildman–Crippen LogP) is 4.54. The molecule has 0 aliphatic carbocycles. The average molecular weight is 531 g/mol. The molecule has 5 rings (SSSR count). The lowest BCUT2D eigenvalue weighted by Crippen LogP contribution is -2.48. The summed E-state index contributed by atoms with van der Waals surface area (Å²) in [6.07, 6.45) is 4.91. The summed E-state index contributed by atoms with van der Waals surface area (Å²) in [7, 11) is -3.54. The molecule has 1 unspecified atom stereocenters. The number of carbonyl (C=O) groups is 1. The molecule has 2 aromatic carbocycles. The molecule has 0 radical (unpaired) electrons. The monoisotopic (exact) mass is 530 g/mol. The third kappa shape index (κ3) is 4.94. The van der Waals surface area contributed by atoms with Gasteiger partial charge in [0.15, 0.2) is 5.13 Å². The summed E-state index contributed by atoms with van der Waals surface area (Å²) in [6, 6.07) is 12.8. The topological polar surface area (TPSA) is 73.8 Å². The number of aromatic nitrogens is 1. The van der Waals surface area contributed by atoms with Gasteiger partial charge in [-0.2, -0.15) is 4.31 Å². The van der Waals surface area contributed by atoms with Crippen LogP contribution in [0.4, 0.5) is 5.13 Å². The van der Waals surface area contributed by atoms with Gasteiger partial charge in [0, 0.05) is 49.2 Å². The lowest BCUT2D eigenvalue weighted by atomic mass is 10.1. The summed E-state index contributed by atoms with van der Waals surface area (Å²) in [4.78, 5) is 23.5. The van der Waals surface area contributed by atoms with Crippen LogP contribution < -0.4 is 4.90 Å². The van der Waals surface area contributed by atoms with Crippen LogP contribution in [-0.4, -0.2) is 73.5 Å². The van der Waals surface area contributed by atoms with E-state index in [1.807, 2.05) is 11.8 Å². The third-order valence-corrected chi connectivity index (χ3v) is 10.7. The SMILES string of the molecule is CSc1ccc2nc(N3CCN(C(=O)c4ccc(S(=O)(=O)N5CCCCC5C)cc4)CC3)sc2c1. The van der Waals surface area contributed by atoms with Crippen LogP contribution in [0.25, 0.3) is 10.2 Å². The highest BCUT2D eigenvalue weighted by molar-refractivity contribution is 7.98. The van der Waals surface area contributed by atoms with Crippen molar-refractivity contribution in [3.63, 3.8) is 0 Å². The molecule has 1 aromatic heterocycles. The zero-order valence-electron chi connectivity index (χ0n) is 20.0. The number of carbonyl (C=O) groups excluding carboxylic acids is 1. The summed E-state index contributed by atoms with van der Waals surface area (Å²) in [6.45, 7) is 5.18. The number of amides is 1. The van der Waals surface area contributed by atoms with Crippen molar-refractivity contribution < 1.29 is 13.2 Å². The quantitative estimate of drug-likeness (QED) is 0.451. The van der Waals surface area contributed by atoms with E-state index in [2.05, 4.69) is 29.4 Å². The maximum Gasteiger partial charge on any atom is 0.253 e. The highest BCUT2D eigenvalue weighted by Gasteiger charge is 2.31. The van der Waals surface area contributed by atoms with Crippen LogP contribution in [-0.2, 0) is 10.0 Å². The summed E-state index contributed by atoms with van der Waals surface area (Å²) >= 11 is 3.42. The number of nitrogens with zero attached hydrogens (tertiary/aromatic N) is 4. The second kappa shape index (κ2) is 10.1. The van der Waals surface area contributed by atoms with Gasteiger partial charge in [-0.15, -0.1) is 11.8 Å². The Bertz CT molecular complexity index is 1320. The number of piperidine rings is 1. The van der Waals surface area contributed by atoms with Crippen molar-refractivity contribution in [2.75, 3.05) is 43.9 Å². The third-order valence-electron chi connectivity index (χ3n) is 6.87. The van der Waals surface area contributed by atoms with Gasteiger partial charge in [0.2, 0.25) is 10.0 Å². The number of hydrogen-bond donors (Lipinski definition) is 0. The zero-order chi connectivity index (χ0) is 24.6. The van der Waals surface area contributed by atoms with Crippen LogP contribution in [0.2, 0.25) is 0 Å². The molecule has 2 fully saturated rings. The lowest BCUT2D eigenvalue weighted by molar-refractivity contribution is 0.0746. The summed E-state index contributed by atoms with van der Waals surface area (Å²) < 4.78 is 28.9. The summed E-state index contributed by atoms with van der Waals surface area (Å²) in [5, 5.41) is 0.992. The standard InChI is InChI=1S/C25H30N4O3S3/c1-18-5-3-4-12-29(18)35(31,32)21-9-6-19(7-10-21)24(30)27-13-15-28(16-14-27)25-26-22-11-8-20(33-2)17-23(22)34-25/h6-11,17-18H,3-5,12-16H2,1-2H3. The Morgan fingerprint density at radius 2 is 1.77 bits per heavy atom. The van der Waals surface area contributed by atoms with E-state index in [0.717, 1.165) is 43.0 Å². The minimum absolute atomic E-state index is 0.00867. The lowest BCUT2D eigenvalue weighted by Gasteiger charge is -2.34. The second-order valence-electron chi connectivity index (χ2n) is 9.09. The molecule has 186 valence electrons. The normalized spacial score (nSPS) is 19.9. The molecule has 1 atom stereocenters. The average Bonchev–Trinajstić information content (AvgIpc) is 3.32. The first kappa shape index (κ1) is 24.5. The Morgan fingerprint density at radius 3 is 2.46 bits per heavy atom. The summed E-state index contributed by atoms with van der Waals surface area (Å²) in [5.41, 5.74) is 1.53. The van der Waals surface area contributed by atoms with Crippen LogP contribution in [0, 0.1) is 0 Å². The molecule has 2 aliphatic rings. The second-order valence-corrected chi connectivity index (χ2v) is 12.9. The van der Waals surface area contributed by atoms with E-state index < -0.39 is 10.0 Å². The van der Waals surface area contributed by atoms with E-state index in [1.165, 1.54) is 9.60 Å². The van der Waals surface area contributed by atoms with Gasteiger partial charge in [-0.25, -0.2) is 13.4 Å². The molecule has 0 bridgehead atoms. The van der Waals surface area contributed by atoms with Gasteiger partial charge >= 0.3 is 0 Å². The maximum atomic E-state index is 13.1. The van der Waals surface area contributed by atoms with Crippen LogP contribution in [0.5, 0.6) is 0 Å². The van der Waals surface area contributed by atoms with Gasteiger partial charge in [0.05, 0.1) is 15.1 Å². The molecular formula is C25H30N4O3S3. The molecule has 35 heavy (non-hydrogen) atoms. The fraction of sp³-hybridized carbons (Fsp3) is 0.440. The van der Waals surface area contributed by atoms with E-state index >= 15 is 0 Å². The van der Waals surface area contributed by atoms with Gasteiger partial charge < -0.3 is 9.80 Å². The van der Waals surface area contributed by atoms with Crippen molar-refractivity contribution in [2.45, 2.75) is 42.0 Å². The Hall–Kier alpha value is -2.14. The van der Waals surface area contributed by atoms with E-state index in [4.69, 9.17) is 4.98 Å². The molecular weight excluding hydrogens is 501 g/mol. The van der Waals surface area contributed by atoms with Crippen molar-refractivity contribution in [3.8, 4) is 0 Å². The fourth-order valence-electron chi connectivity index (χ4n) is 4.77. The highest BCUT2D eigenvalue weighted by Crippen LogP contribution is 2.32. The Morgan fingerprint density at radius 1 is 1.03 bits per heavy atom. The number of fused-ring (bicyclic) bond motifs is 1. The van der Waals surface area contributed by atoms with Crippen LogP contribution in [0.15, 0.2) is 52.3 Å². The molecule has 0 N–H and O–H groups in total. The Balaban J connectivity index is 1.23. The molecule has 2 saturated heterocycles. The molecule has 2 aliphatic heterocycles. The fourth-order valence-corrected chi connectivity index (χ4v) is 8.04. The number of anilines is 1. The van der Waals surface area contributed by atoms with E-state index in [9.17, 15) is 13.2 Å². The summed E-state index contributed by atoms with van der Waals surface area (Å²) in [5.74, 6) is -0.0612. The van der Waals surface area contributed by atoms with E-state index in [0.29, 0.717) is 25.2 Å². The number of thiazole rings is 1. The van der Waals surface area contributed by atoms with Gasteiger partial charge in [-0.1, -0.05) is 17.8 Å². The molecule has 0 spiro atoms. The first-order valence-corrected chi connectivity index (χ1v) is 15.5. The number of benzene rings is 2. The van der Waals surface area contributed by atoms with E-state index in [1.54, 1.807) is 51.7 Å². The van der Waals surface area contributed by atoms with Gasteiger partial charge in [0.25, 0.3) is 5.91 Å². The van der Waals surface area contributed by atoms with Crippen LogP contribution in [0.3, 0.4) is 0 Å². The molecule has 1 amide bonds. The number of thioether (sulfide) groups is 1. The molecule has 3 heterocycles.